The van der Waals surface area contributed by atoms with E-state index >= 15 is 0 Å². The van der Waals surface area contributed by atoms with E-state index in [4.69, 9.17) is 14.6 Å². The van der Waals surface area contributed by atoms with Crippen LogP contribution in [0.2, 0.25) is 0 Å². The van der Waals surface area contributed by atoms with Gasteiger partial charge in [0.2, 0.25) is 17.7 Å². The maximum atomic E-state index is 13.4. The van der Waals surface area contributed by atoms with Crippen molar-refractivity contribution in [2.45, 2.75) is 89.5 Å². The minimum Gasteiger partial charge on any atom is -0.475 e. The number of carbonyl (C=O) groups excluding carboxylic acids is 7. The van der Waals surface area contributed by atoms with E-state index in [0.717, 1.165) is 21.1 Å². The number of hydrogen-bond acceptors (Lipinski definition) is 12. The fourth-order valence-corrected chi connectivity index (χ4v) is 4.00. The van der Waals surface area contributed by atoms with E-state index in [2.05, 4.69) is 30.7 Å². The zero-order valence-electron chi connectivity index (χ0n) is 29.5. The summed E-state index contributed by atoms with van der Waals surface area (Å²) in [5, 5.41) is 26.7. The van der Waals surface area contributed by atoms with Crippen molar-refractivity contribution in [2.75, 3.05) is 20.9 Å². The number of amides is 4. The van der Waals surface area contributed by atoms with E-state index in [1.165, 1.54) is 0 Å². The molecule has 0 aliphatic carbocycles. The second-order valence-corrected chi connectivity index (χ2v) is 11.2. The number of aliphatic hydroxyl groups is 1. The van der Waals surface area contributed by atoms with Crippen molar-refractivity contribution in [1.29, 1.82) is 0 Å². The Hall–Kier alpha value is -5.34. The molecule has 0 aromatic heterocycles. The van der Waals surface area contributed by atoms with Crippen LogP contribution in [0.5, 0.6) is 0 Å². The number of Topliss-reactive ketones (excluding diaryl/α,β-unsaturated/α-hetero) is 1. The van der Waals surface area contributed by atoms with Crippen LogP contribution in [-0.2, 0) is 54.4 Å². The quantitative estimate of drug-likeness (QED) is 0.0650. The lowest BCUT2D eigenvalue weighted by Gasteiger charge is -2.28. The van der Waals surface area contributed by atoms with Crippen LogP contribution < -0.4 is 21.3 Å². The summed E-state index contributed by atoms with van der Waals surface area (Å²) in [5.74, 6) is -8.95. The number of rotatable bonds is 19. The first kappa shape index (κ1) is 47.7. The number of carboxylic acid groups (broad SMARTS) is 1. The number of aliphatic hydroxyl groups excluding tert-OH is 1. The van der Waals surface area contributed by atoms with Crippen molar-refractivity contribution in [3.05, 3.63) is 35.9 Å². The van der Waals surface area contributed by atoms with Crippen LogP contribution in [-0.4, -0.2) is 115 Å². The SMILES string of the molecule is CCC(C)C(NC(=O)OCc1ccccc1)C(=O)NC(CCC(=O)OC)C(=O)NC(C(=O)NC(CC(=O)OC)C(=O)CF)C(C)O.O=C(O)C(F)(F)F. The van der Waals surface area contributed by atoms with Crippen LogP contribution in [0.3, 0.4) is 0 Å². The summed E-state index contributed by atoms with van der Waals surface area (Å²) in [6, 6.07) is 2.77. The number of halogens is 4. The van der Waals surface area contributed by atoms with Gasteiger partial charge in [0.1, 0.15) is 37.4 Å². The summed E-state index contributed by atoms with van der Waals surface area (Å²) in [4.78, 5) is 96.7. The summed E-state index contributed by atoms with van der Waals surface area (Å²) in [6.07, 6.45) is -8.47. The van der Waals surface area contributed by atoms with E-state index in [-0.39, 0.29) is 19.4 Å². The summed E-state index contributed by atoms with van der Waals surface area (Å²) in [6.45, 7) is 3.02. The Morgan fingerprint density at radius 3 is 1.79 bits per heavy atom. The number of aliphatic carboxylic acids is 1. The Balaban J connectivity index is 0.00000348. The Morgan fingerprint density at radius 1 is 0.792 bits per heavy atom. The lowest BCUT2D eigenvalue weighted by molar-refractivity contribution is -0.192. The molecule has 0 bridgehead atoms. The monoisotopic (exact) mass is 768 g/mol. The predicted molar refractivity (Wildman–Crippen MR) is 173 cm³/mol. The molecule has 298 valence electrons. The molecule has 17 nitrogen and oxygen atoms in total. The Morgan fingerprint density at radius 2 is 1.32 bits per heavy atom. The summed E-state index contributed by atoms with van der Waals surface area (Å²) >= 11 is 0. The molecular formula is C32H44F4N4O13. The van der Waals surface area contributed by atoms with E-state index in [0.29, 0.717) is 12.0 Å². The van der Waals surface area contributed by atoms with Crippen LogP contribution in [0.25, 0.3) is 0 Å². The standard InChI is InChI=1S/C30H43FN4O11.C2HF3O2/c1-6-17(2)25(35-30(43)46-16-19-10-8-7-9-11-19)28(41)32-20(12-13-23(38)44-4)27(40)34-26(18(3)36)29(42)33-21(22(37)15-31)14-24(39)45-5;3-2(4,5)1(6)7/h7-11,17-18,20-21,25-26,36H,6,12-16H2,1-5H3,(H,32,41)(H,33,42)(H,34,40)(H,35,43);(H,6,7). The summed E-state index contributed by atoms with van der Waals surface area (Å²) in [7, 11) is 2.15. The number of nitrogens with one attached hydrogen (secondary N) is 4. The number of benzene rings is 1. The minimum absolute atomic E-state index is 0.0636. The highest BCUT2D eigenvalue weighted by molar-refractivity contribution is 5.97. The molecule has 0 radical (unpaired) electrons. The van der Waals surface area contributed by atoms with Gasteiger partial charge in [-0.15, -0.1) is 0 Å². The normalized spacial score (nSPS) is 14.2. The molecule has 0 saturated carbocycles. The number of alkyl halides is 4. The first-order valence-electron chi connectivity index (χ1n) is 15.8. The molecule has 1 rings (SSSR count). The summed E-state index contributed by atoms with van der Waals surface area (Å²) in [5.41, 5.74) is 0.712. The Kier molecular flexibility index (Phi) is 21.6. The average Bonchev–Trinajstić information content (AvgIpc) is 3.12. The Labute approximate surface area is 301 Å². The molecule has 1 aromatic carbocycles. The van der Waals surface area contributed by atoms with Crippen LogP contribution >= 0.6 is 0 Å². The van der Waals surface area contributed by atoms with Crippen LogP contribution in [0.1, 0.15) is 52.0 Å². The number of carboxylic acids is 1. The molecule has 4 amide bonds. The van der Waals surface area contributed by atoms with E-state index in [9.17, 15) is 56.2 Å². The molecule has 1 aromatic rings. The predicted octanol–water partition coefficient (Wildman–Crippen LogP) is 0.851. The smallest absolute Gasteiger partial charge is 0.475 e. The van der Waals surface area contributed by atoms with Crippen molar-refractivity contribution in [3.8, 4) is 0 Å². The van der Waals surface area contributed by atoms with Crippen LogP contribution in [0.4, 0.5) is 22.4 Å². The van der Waals surface area contributed by atoms with Crippen LogP contribution in [0, 0.1) is 5.92 Å². The molecular weight excluding hydrogens is 724 g/mol. The van der Waals surface area contributed by atoms with Crippen molar-refractivity contribution in [1.82, 2.24) is 21.3 Å². The summed E-state index contributed by atoms with van der Waals surface area (Å²) < 4.78 is 59.1. The largest absolute Gasteiger partial charge is 0.490 e. The van der Waals surface area contributed by atoms with Crippen LogP contribution in [0.15, 0.2) is 30.3 Å². The highest BCUT2D eigenvalue weighted by atomic mass is 19.4. The molecule has 6 atom stereocenters. The molecule has 0 aliphatic heterocycles. The number of esters is 2. The van der Waals surface area contributed by atoms with E-state index in [1.54, 1.807) is 44.2 Å². The molecule has 0 spiro atoms. The molecule has 21 heteroatoms. The van der Waals surface area contributed by atoms with Gasteiger partial charge in [-0.05, 0) is 24.8 Å². The van der Waals surface area contributed by atoms with Gasteiger partial charge in [-0.25, -0.2) is 14.0 Å². The third-order valence-corrected chi connectivity index (χ3v) is 7.22. The van der Waals surface area contributed by atoms with Gasteiger partial charge in [-0.1, -0.05) is 50.6 Å². The maximum Gasteiger partial charge on any atom is 0.490 e. The lowest BCUT2D eigenvalue weighted by atomic mass is 9.97. The zero-order valence-corrected chi connectivity index (χ0v) is 29.5. The van der Waals surface area contributed by atoms with Crippen molar-refractivity contribution >= 4 is 47.5 Å². The topological polar surface area (TPSA) is 253 Å². The third kappa shape index (κ3) is 18.6. The van der Waals surface area contributed by atoms with Gasteiger partial charge in [0, 0.05) is 6.42 Å². The number of carbonyl (C=O) groups is 8. The maximum absolute atomic E-state index is 13.4. The van der Waals surface area contributed by atoms with Gasteiger partial charge >= 0.3 is 30.2 Å². The van der Waals surface area contributed by atoms with Gasteiger partial charge in [0.05, 0.1) is 26.7 Å². The average molecular weight is 769 g/mol. The molecule has 6 N–H and O–H groups in total. The molecule has 0 fully saturated rings. The van der Waals surface area contributed by atoms with Gasteiger partial charge in [-0.2, -0.15) is 13.2 Å². The van der Waals surface area contributed by atoms with Gasteiger partial charge in [0.25, 0.3) is 0 Å². The highest BCUT2D eigenvalue weighted by Crippen LogP contribution is 2.13. The first-order valence-corrected chi connectivity index (χ1v) is 15.8. The second-order valence-electron chi connectivity index (χ2n) is 11.2. The van der Waals surface area contributed by atoms with E-state index < -0.39 is 103 Å². The number of methoxy groups -OCH3 is 2. The zero-order chi connectivity index (χ0) is 40.9. The lowest BCUT2D eigenvalue weighted by Crippen LogP contribution is -2.60. The Bertz CT molecular complexity index is 1400. The molecule has 53 heavy (non-hydrogen) atoms. The fraction of sp³-hybridized carbons (Fsp3) is 0.562. The van der Waals surface area contributed by atoms with Gasteiger partial charge in [0.15, 0.2) is 5.78 Å². The number of hydrogen-bond donors (Lipinski definition) is 6. The highest BCUT2D eigenvalue weighted by Gasteiger charge is 2.38. The van der Waals surface area contributed by atoms with Crippen molar-refractivity contribution in [2.24, 2.45) is 5.92 Å². The molecule has 0 saturated heterocycles. The minimum atomic E-state index is -5.08. The number of ether oxygens (including phenoxy) is 3. The number of alkyl carbamates (subject to hydrolysis) is 1. The fourth-order valence-electron chi connectivity index (χ4n) is 4.00. The molecule has 6 unspecified atom stereocenters. The molecule has 0 aliphatic rings. The number of ketones is 1. The molecule has 0 heterocycles. The third-order valence-electron chi connectivity index (χ3n) is 7.22. The van der Waals surface area contributed by atoms with Gasteiger partial charge < -0.3 is 45.7 Å². The van der Waals surface area contributed by atoms with Gasteiger partial charge in [-0.3, -0.25) is 28.8 Å². The second kappa shape index (κ2) is 24.0. The van der Waals surface area contributed by atoms with E-state index in [1.807, 2.05) is 0 Å². The van der Waals surface area contributed by atoms with Crippen molar-refractivity contribution < 1.29 is 80.3 Å². The van der Waals surface area contributed by atoms with Crippen molar-refractivity contribution in [3.63, 3.8) is 0 Å². The first-order chi connectivity index (χ1) is 24.7.